The number of carbonyl (C=O) groups excluding carboxylic acids is 4. The fourth-order valence-electron chi connectivity index (χ4n) is 8.33. The minimum atomic E-state index is -0.656. The molecule has 3 fully saturated rings. The summed E-state index contributed by atoms with van der Waals surface area (Å²) in [5.74, 6) is -1.15. The van der Waals surface area contributed by atoms with Gasteiger partial charge in [0.1, 0.15) is 0 Å². The predicted molar refractivity (Wildman–Crippen MR) is 242 cm³/mol. The lowest BCUT2D eigenvalue weighted by molar-refractivity contribution is -0.134. The maximum atomic E-state index is 14.7. The Morgan fingerprint density at radius 3 is 2.19 bits per heavy atom. The first kappa shape index (κ1) is 43.2. The monoisotopic (exact) mass is 872 g/mol. The van der Waals surface area contributed by atoms with E-state index in [1.165, 1.54) is 0 Å². The van der Waals surface area contributed by atoms with Gasteiger partial charge in [-0.25, -0.2) is 14.4 Å². The molecule has 5 aromatic rings. The number of nitrogens with zero attached hydrogens (tertiary/aromatic N) is 5. The standard InChI is InChI=1S/C47H50ClFN10O4/c1-30-29-58(37-16-10-32(11-17-37)38-18-19-42(60)54-46(38)63)27-26-57(30)23-20-31-21-24-59(25-22-31)56-45(62)34-8-14-36(15-9-34)52-47-50-28-40(49)43(55-47)51-35-12-6-33(7-13-35)44(61)53-41-5-3-2-4-39(41)48/h2-17,28,30-31,38H,18-27,29H2,1H3,(H,53,61)(H,56,62)(H,54,60,63)(H2,50,51,52,55)/t30-,38?/m1/s1. The van der Waals surface area contributed by atoms with Crippen LogP contribution in [0.25, 0.3) is 0 Å². The SMILES string of the molecule is C[C@@H]1CN(c2ccc(C3CCC(=O)NC3=O)cc2)CCN1CCC1CCN(NC(=O)c2ccc(Nc3ncc(F)c(Nc4ccc(C(=O)Nc5ccccc5Cl)cc4)n3)cc2)CC1. The molecule has 0 saturated carbocycles. The smallest absolute Gasteiger partial charge is 0.265 e. The van der Waals surface area contributed by atoms with Crippen molar-refractivity contribution >= 4 is 69.7 Å². The molecule has 1 aromatic heterocycles. The number of aromatic nitrogens is 2. The Hall–Kier alpha value is -6.42. The van der Waals surface area contributed by atoms with Crippen LogP contribution in [0.1, 0.15) is 71.2 Å². The molecule has 3 saturated heterocycles. The summed E-state index contributed by atoms with van der Waals surface area (Å²) >= 11 is 6.16. The van der Waals surface area contributed by atoms with Crippen LogP contribution >= 0.6 is 11.6 Å². The summed E-state index contributed by atoms with van der Waals surface area (Å²) in [5.41, 5.74) is 7.72. The number of nitrogens with one attached hydrogen (secondary N) is 5. The van der Waals surface area contributed by atoms with Gasteiger partial charge in [0.25, 0.3) is 11.8 Å². The van der Waals surface area contributed by atoms with Crippen molar-refractivity contribution in [2.75, 3.05) is 60.1 Å². The second-order valence-electron chi connectivity index (χ2n) is 16.3. The van der Waals surface area contributed by atoms with Crippen molar-refractivity contribution in [1.29, 1.82) is 0 Å². The molecule has 1 unspecified atom stereocenters. The van der Waals surface area contributed by atoms with Crippen LogP contribution in [0.15, 0.2) is 103 Å². The Bertz CT molecular complexity index is 2430. The van der Waals surface area contributed by atoms with Crippen LogP contribution in [-0.2, 0) is 9.59 Å². The summed E-state index contributed by atoms with van der Waals surface area (Å²) < 4.78 is 14.7. The zero-order valence-electron chi connectivity index (χ0n) is 35.0. The van der Waals surface area contributed by atoms with Crippen LogP contribution in [0.3, 0.4) is 0 Å². The first-order valence-electron chi connectivity index (χ1n) is 21.4. The van der Waals surface area contributed by atoms with Crippen LogP contribution in [-0.4, -0.2) is 88.8 Å². The van der Waals surface area contributed by atoms with Gasteiger partial charge in [-0.15, -0.1) is 0 Å². The van der Waals surface area contributed by atoms with Crippen molar-refractivity contribution in [3.05, 3.63) is 131 Å². The molecule has 16 heteroatoms. The zero-order chi connectivity index (χ0) is 43.9. The van der Waals surface area contributed by atoms with Crippen LogP contribution in [0.4, 0.5) is 38.9 Å². The molecule has 0 aliphatic carbocycles. The maximum Gasteiger partial charge on any atom is 0.265 e. The summed E-state index contributed by atoms with van der Waals surface area (Å²) in [7, 11) is 0. The number of halogens is 2. The van der Waals surface area contributed by atoms with E-state index in [-0.39, 0.29) is 41.3 Å². The van der Waals surface area contributed by atoms with Crippen molar-refractivity contribution in [3.63, 3.8) is 0 Å². The van der Waals surface area contributed by atoms with E-state index in [2.05, 4.69) is 65.5 Å². The van der Waals surface area contributed by atoms with E-state index in [1.54, 1.807) is 72.8 Å². The van der Waals surface area contributed by atoms with E-state index < -0.39 is 5.82 Å². The van der Waals surface area contributed by atoms with Crippen molar-refractivity contribution in [1.82, 2.24) is 30.6 Å². The third kappa shape index (κ3) is 11.0. The molecular formula is C47H50ClFN10O4. The van der Waals surface area contributed by atoms with E-state index in [0.29, 0.717) is 58.0 Å². The number of amides is 4. The third-order valence-electron chi connectivity index (χ3n) is 12.0. The summed E-state index contributed by atoms with van der Waals surface area (Å²) in [5, 5.41) is 13.7. The number of anilines is 6. The number of para-hydroxylation sites is 1. The average Bonchev–Trinajstić information content (AvgIpc) is 3.29. The first-order valence-corrected chi connectivity index (χ1v) is 21.7. The molecule has 3 aliphatic rings. The largest absolute Gasteiger partial charge is 0.369 e. The molecule has 5 N–H and O–H groups in total. The van der Waals surface area contributed by atoms with Gasteiger partial charge in [-0.05, 0) is 123 Å². The quantitative estimate of drug-likeness (QED) is 0.0746. The fraction of sp³-hybridized carbons (Fsp3) is 0.319. The van der Waals surface area contributed by atoms with Crippen molar-refractivity contribution in [2.45, 2.75) is 51.0 Å². The van der Waals surface area contributed by atoms with Gasteiger partial charge < -0.3 is 20.9 Å². The van der Waals surface area contributed by atoms with Crippen LogP contribution in [0.2, 0.25) is 5.02 Å². The minimum absolute atomic E-state index is 0.0532. The molecule has 326 valence electrons. The second kappa shape index (κ2) is 19.7. The molecule has 3 aliphatic heterocycles. The first-order chi connectivity index (χ1) is 30.5. The Balaban J connectivity index is 0.748. The van der Waals surface area contributed by atoms with E-state index >= 15 is 0 Å². The van der Waals surface area contributed by atoms with Gasteiger partial charge in [-0.3, -0.25) is 34.8 Å². The van der Waals surface area contributed by atoms with E-state index in [0.717, 1.165) is 76.0 Å². The molecule has 2 atom stereocenters. The Labute approximate surface area is 370 Å². The second-order valence-corrected chi connectivity index (χ2v) is 16.7. The van der Waals surface area contributed by atoms with Crippen LogP contribution in [0, 0.1) is 11.7 Å². The van der Waals surface area contributed by atoms with E-state index in [9.17, 15) is 23.6 Å². The third-order valence-corrected chi connectivity index (χ3v) is 12.4. The summed E-state index contributed by atoms with van der Waals surface area (Å²) in [6.45, 7) is 7.77. The van der Waals surface area contributed by atoms with Gasteiger partial charge in [0, 0.05) is 73.4 Å². The highest BCUT2D eigenvalue weighted by molar-refractivity contribution is 6.33. The number of piperidine rings is 2. The molecular weight excluding hydrogens is 823 g/mol. The molecule has 0 bridgehead atoms. The highest BCUT2D eigenvalue weighted by Gasteiger charge is 2.29. The lowest BCUT2D eigenvalue weighted by Crippen LogP contribution is -2.52. The van der Waals surface area contributed by atoms with Gasteiger partial charge in [0.15, 0.2) is 11.6 Å². The van der Waals surface area contributed by atoms with Gasteiger partial charge in [-0.2, -0.15) is 4.98 Å². The molecule has 4 aromatic carbocycles. The lowest BCUT2D eigenvalue weighted by Gasteiger charge is -2.42. The van der Waals surface area contributed by atoms with Crippen molar-refractivity contribution < 1.29 is 23.6 Å². The minimum Gasteiger partial charge on any atom is -0.369 e. The summed E-state index contributed by atoms with van der Waals surface area (Å²) in [6, 6.07) is 29.0. The summed E-state index contributed by atoms with van der Waals surface area (Å²) in [4.78, 5) is 63.1. The fourth-order valence-corrected chi connectivity index (χ4v) is 8.51. The molecule has 63 heavy (non-hydrogen) atoms. The zero-order valence-corrected chi connectivity index (χ0v) is 35.7. The number of hydrogen-bond acceptors (Lipinski definition) is 11. The van der Waals surface area contributed by atoms with Crippen molar-refractivity contribution in [2.24, 2.45) is 5.92 Å². The lowest BCUT2D eigenvalue weighted by atomic mass is 9.90. The van der Waals surface area contributed by atoms with Crippen LogP contribution < -0.4 is 31.6 Å². The number of hydrogen-bond donors (Lipinski definition) is 5. The van der Waals surface area contributed by atoms with Gasteiger partial charge in [0.2, 0.25) is 17.8 Å². The molecule has 4 heterocycles. The Morgan fingerprint density at radius 2 is 1.51 bits per heavy atom. The highest BCUT2D eigenvalue weighted by Crippen LogP contribution is 2.29. The number of carbonyl (C=O) groups is 4. The maximum absolute atomic E-state index is 14.7. The average molecular weight is 873 g/mol. The number of benzene rings is 4. The van der Waals surface area contributed by atoms with Gasteiger partial charge in [-0.1, -0.05) is 35.9 Å². The van der Waals surface area contributed by atoms with Crippen LogP contribution in [0.5, 0.6) is 0 Å². The molecule has 4 amide bonds. The highest BCUT2D eigenvalue weighted by atomic mass is 35.5. The summed E-state index contributed by atoms with van der Waals surface area (Å²) in [6.07, 6.45) is 5.14. The topological polar surface area (TPSA) is 164 Å². The van der Waals surface area contributed by atoms with Gasteiger partial charge >= 0.3 is 0 Å². The molecule has 0 spiro atoms. The Morgan fingerprint density at radius 1 is 0.825 bits per heavy atom. The van der Waals surface area contributed by atoms with E-state index in [1.807, 2.05) is 17.1 Å². The number of rotatable bonds is 13. The van der Waals surface area contributed by atoms with E-state index in [4.69, 9.17) is 11.6 Å². The number of imide groups is 1. The number of hydrazine groups is 1. The Kier molecular flexibility index (Phi) is 13.5. The molecule has 14 nitrogen and oxygen atoms in total. The molecule has 8 rings (SSSR count). The molecule has 0 radical (unpaired) electrons. The van der Waals surface area contributed by atoms with Crippen molar-refractivity contribution in [3.8, 4) is 0 Å². The normalized spacial score (nSPS) is 18.7. The van der Waals surface area contributed by atoms with Gasteiger partial charge in [0.05, 0.1) is 22.8 Å². The predicted octanol–water partition coefficient (Wildman–Crippen LogP) is 7.49. The number of piperazine rings is 1.